The number of carbonyl (C=O) groups is 1. The summed E-state index contributed by atoms with van der Waals surface area (Å²) < 4.78 is 16.6. The molecule has 1 aromatic heterocycles. The summed E-state index contributed by atoms with van der Waals surface area (Å²) in [7, 11) is 0. The van der Waals surface area contributed by atoms with Gasteiger partial charge in [0.1, 0.15) is 23.9 Å². The Morgan fingerprint density at radius 2 is 1.85 bits per heavy atom. The maximum Gasteiger partial charge on any atom is 0.253 e. The highest BCUT2D eigenvalue weighted by Gasteiger charge is 2.23. The van der Waals surface area contributed by atoms with E-state index in [2.05, 4.69) is 28.3 Å². The number of hydrogen-bond donors (Lipinski definition) is 0. The fourth-order valence-corrected chi connectivity index (χ4v) is 4.45. The van der Waals surface area contributed by atoms with Gasteiger partial charge in [-0.1, -0.05) is 17.3 Å². The molecule has 1 amide bonds. The lowest BCUT2D eigenvalue weighted by Gasteiger charge is -2.34. The summed E-state index contributed by atoms with van der Waals surface area (Å²) in [4.78, 5) is 17.3. The van der Waals surface area contributed by atoms with Crippen LogP contribution in [-0.2, 0) is 19.6 Å². The molecular formula is C26H29N3O4. The minimum atomic E-state index is 0.0709. The van der Waals surface area contributed by atoms with Crippen molar-refractivity contribution in [2.75, 3.05) is 32.8 Å². The van der Waals surface area contributed by atoms with Gasteiger partial charge in [-0.15, -0.1) is 0 Å². The van der Waals surface area contributed by atoms with Crippen molar-refractivity contribution in [1.29, 1.82) is 0 Å². The van der Waals surface area contributed by atoms with Gasteiger partial charge in [0, 0.05) is 44.7 Å². The predicted molar refractivity (Wildman–Crippen MR) is 124 cm³/mol. The summed E-state index contributed by atoms with van der Waals surface area (Å²) in [6.45, 7) is 9.08. The molecule has 0 atom stereocenters. The lowest BCUT2D eigenvalue weighted by Crippen LogP contribution is -2.48. The van der Waals surface area contributed by atoms with Gasteiger partial charge in [-0.3, -0.25) is 9.69 Å². The van der Waals surface area contributed by atoms with Gasteiger partial charge in [0.15, 0.2) is 0 Å². The number of rotatable bonds is 6. The van der Waals surface area contributed by atoms with E-state index in [0.717, 1.165) is 74.3 Å². The molecule has 5 rings (SSSR count). The first-order chi connectivity index (χ1) is 16.1. The Labute approximate surface area is 193 Å². The quantitative estimate of drug-likeness (QED) is 0.573. The predicted octanol–water partition coefficient (Wildman–Crippen LogP) is 3.76. The van der Waals surface area contributed by atoms with E-state index in [-0.39, 0.29) is 5.91 Å². The molecule has 3 heterocycles. The van der Waals surface area contributed by atoms with Gasteiger partial charge >= 0.3 is 0 Å². The van der Waals surface area contributed by atoms with Crippen molar-refractivity contribution >= 4 is 5.91 Å². The highest BCUT2D eigenvalue weighted by Crippen LogP contribution is 2.26. The van der Waals surface area contributed by atoms with Gasteiger partial charge in [-0.05, 0) is 55.3 Å². The molecule has 0 bridgehead atoms. The Morgan fingerprint density at radius 1 is 1.06 bits per heavy atom. The second-order valence-electron chi connectivity index (χ2n) is 8.72. The number of ether oxygens (including phenoxy) is 2. The van der Waals surface area contributed by atoms with E-state index >= 15 is 0 Å². The summed E-state index contributed by atoms with van der Waals surface area (Å²) in [5.74, 6) is 2.58. The van der Waals surface area contributed by atoms with Crippen LogP contribution in [0.5, 0.6) is 11.5 Å². The highest BCUT2D eigenvalue weighted by molar-refractivity contribution is 5.94. The first-order valence-electron chi connectivity index (χ1n) is 11.5. The van der Waals surface area contributed by atoms with Gasteiger partial charge in [-0.25, -0.2) is 0 Å². The van der Waals surface area contributed by atoms with Crippen LogP contribution in [0.25, 0.3) is 0 Å². The van der Waals surface area contributed by atoms with Crippen LogP contribution in [0.1, 0.15) is 38.5 Å². The largest absolute Gasteiger partial charge is 0.493 e. The molecule has 2 aliphatic heterocycles. The maximum atomic E-state index is 13.0. The molecule has 0 radical (unpaired) electrons. The van der Waals surface area contributed by atoms with Crippen LogP contribution >= 0.6 is 0 Å². The van der Waals surface area contributed by atoms with Gasteiger partial charge < -0.3 is 18.9 Å². The third-order valence-corrected chi connectivity index (χ3v) is 6.49. The molecule has 172 valence electrons. The summed E-state index contributed by atoms with van der Waals surface area (Å²) >= 11 is 0. The van der Waals surface area contributed by atoms with Crippen LogP contribution in [0.3, 0.4) is 0 Å². The van der Waals surface area contributed by atoms with Gasteiger partial charge in [-0.2, -0.15) is 0 Å². The van der Waals surface area contributed by atoms with Crippen molar-refractivity contribution in [1.82, 2.24) is 15.0 Å². The molecule has 1 fully saturated rings. The molecule has 0 aliphatic carbocycles. The standard InChI is InChI=1S/C26H29N3O4/c1-18-24(19(2)33-27-18)17-32-23-6-4-21(5-7-23)26(30)29-12-10-28(11-13-29)16-20-3-8-25-22(15-20)9-14-31-25/h3-8,15H,9-14,16-17H2,1-2H3. The Hall–Kier alpha value is -3.32. The number of aryl methyl sites for hydroxylation is 2. The van der Waals surface area contributed by atoms with E-state index in [1.165, 1.54) is 11.1 Å². The van der Waals surface area contributed by atoms with Crippen molar-refractivity contribution in [3.05, 3.63) is 76.2 Å². The molecule has 0 saturated carbocycles. The molecule has 0 N–H and O–H groups in total. The smallest absolute Gasteiger partial charge is 0.253 e. The molecule has 0 spiro atoms. The summed E-state index contributed by atoms with van der Waals surface area (Å²) in [6.07, 6.45) is 0.995. The lowest BCUT2D eigenvalue weighted by atomic mass is 10.1. The van der Waals surface area contributed by atoms with E-state index in [1.807, 2.05) is 43.0 Å². The third-order valence-electron chi connectivity index (χ3n) is 6.49. The second-order valence-corrected chi connectivity index (χ2v) is 8.72. The highest BCUT2D eigenvalue weighted by atomic mass is 16.5. The lowest BCUT2D eigenvalue weighted by molar-refractivity contribution is 0.0628. The zero-order valence-electron chi connectivity index (χ0n) is 19.2. The molecule has 3 aromatic rings. The number of amides is 1. The Morgan fingerprint density at radius 3 is 2.58 bits per heavy atom. The first-order valence-corrected chi connectivity index (χ1v) is 11.5. The number of carbonyl (C=O) groups excluding carboxylic acids is 1. The topological polar surface area (TPSA) is 68.0 Å². The normalized spacial score (nSPS) is 15.9. The van der Waals surface area contributed by atoms with Gasteiger partial charge in [0.2, 0.25) is 0 Å². The number of benzene rings is 2. The third kappa shape index (κ3) is 4.73. The van der Waals surface area contributed by atoms with Gasteiger partial charge in [0.25, 0.3) is 5.91 Å². The number of fused-ring (bicyclic) bond motifs is 1. The SMILES string of the molecule is Cc1noc(C)c1COc1ccc(C(=O)N2CCN(Cc3ccc4c(c3)CCO4)CC2)cc1. The van der Waals surface area contributed by atoms with Crippen LogP contribution in [0, 0.1) is 13.8 Å². The number of nitrogens with zero attached hydrogens (tertiary/aromatic N) is 3. The molecule has 7 nitrogen and oxygen atoms in total. The van der Waals surface area contributed by atoms with Crippen LogP contribution in [0.15, 0.2) is 47.0 Å². The van der Waals surface area contributed by atoms with E-state index in [1.54, 1.807) is 0 Å². The summed E-state index contributed by atoms with van der Waals surface area (Å²) in [6, 6.07) is 13.9. The van der Waals surface area contributed by atoms with Crippen molar-refractivity contribution < 1.29 is 18.8 Å². The minimum absolute atomic E-state index is 0.0709. The molecule has 0 unspecified atom stereocenters. The van der Waals surface area contributed by atoms with Gasteiger partial charge in [0.05, 0.1) is 17.9 Å². The minimum Gasteiger partial charge on any atom is -0.493 e. The molecule has 7 heteroatoms. The molecule has 1 saturated heterocycles. The molecule has 2 aliphatic rings. The van der Waals surface area contributed by atoms with Crippen LogP contribution < -0.4 is 9.47 Å². The monoisotopic (exact) mass is 447 g/mol. The van der Waals surface area contributed by atoms with Crippen LogP contribution in [0.4, 0.5) is 0 Å². The van der Waals surface area contributed by atoms with Crippen molar-refractivity contribution in [3.8, 4) is 11.5 Å². The van der Waals surface area contributed by atoms with Crippen molar-refractivity contribution in [2.24, 2.45) is 0 Å². The Balaban J connectivity index is 1.12. The zero-order valence-corrected chi connectivity index (χ0v) is 19.2. The van der Waals surface area contributed by atoms with Crippen molar-refractivity contribution in [2.45, 2.75) is 33.4 Å². The fourth-order valence-electron chi connectivity index (χ4n) is 4.45. The number of piperazine rings is 1. The fraction of sp³-hybridized carbons (Fsp3) is 0.385. The number of hydrogen-bond acceptors (Lipinski definition) is 6. The Kier molecular flexibility index (Phi) is 6.05. The van der Waals surface area contributed by atoms with Crippen LogP contribution in [0.2, 0.25) is 0 Å². The van der Waals surface area contributed by atoms with E-state index in [0.29, 0.717) is 12.2 Å². The van der Waals surface area contributed by atoms with Crippen LogP contribution in [-0.4, -0.2) is 53.6 Å². The average molecular weight is 448 g/mol. The van der Waals surface area contributed by atoms with E-state index in [4.69, 9.17) is 14.0 Å². The molecular weight excluding hydrogens is 418 g/mol. The zero-order chi connectivity index (χ0) is 22.8. The maximum absolute atomic E-state index is 13.0. The molecule has 33 heavy (non-hydrogen) atoms. The number of aromatic nitrogens is 1. The Bertz CT molecular complexity index is 1110. The summed E-state index contributed by atoms with van der Waals surface area (Å²) in [5.41, 5.74) is 5.10. The van der Waals surface area contributed by atoms with Crippen molar-refractivity contribution in [3.63, 3.8) is 0 Å². The van der Waals surface area contributed by atoms with E-state index < -0.39 is 0 Å². The van der Waals surface area contributed by atoms with E-state index in [9.17, 15) is 4.79 Å². The molecule has 2 aromatic carbocycles. The summed E-state index contributed by atoms with van der Waals surface area (Å²) in [5, 5.41) is 3.95. The second kappa shape index (κ2) is 9.27. The first kappa shape index (κ1) is 21.5. The average Bonchev–Trinajstić information content (AvgIpc) is 3.43.